The molecule has 10 heteroatoms. The van der Waals surface area contributed by atoms with Gasteiger partial charge in [0.2, 0.25) is 0 Å². The number of fused-ring (bicyclic) bond motifs is 1. The Bertz CT molecular complexity index is 1260. The van der Waals surface area contributed by atoms with Crippen molar-refractivity contribution in [2.24, 2.45) is 4.99 Å². The zero-order valence-electron chi connectivity index (χ0n) is 23.1. The molecule has 4 N–H and O–H groups in total. The molecular weight excluding hydrogens is 492 g/mol. The number of piperidine rings is 1. The van der Waals surface area contributed by atoms with Gasteiger partial charge in [0.25, 0.3) is 0 Å². The number of allylic oxidation sites excluding steroid dienone is 3. The molecule has 5 rings (SSSR count). The van der Waals surface area contributed by atoms with Gasteiger partial charge in [0.1, 0.15) is 29.2 Å². The molecule has 1 aromatic carbocycles. The number of aliphatic imine (C=N–C) groups is 1. The number of ether oxygens (including phenoxy) is 2. The van der Waals surface area contributed by atoms with Gasteiger partial charge in [0.15, 0.2) is 12.1 Å². The number of benzene rings is 1. The van der Waals surface area contributed by atoms with Crippen LogP contribution >= 0.6 is 0 Å². The number of rotatable bonds is 7. The van der Waals surface area contributed by atoms with Gasteiger partial charge in [-0.05, 0) is 69.2 Å². The predicted molar refractivity (Wildman–Crippen MR) is 157 cm³/mol. The van der Waals surface area contributed by atoms with E-state index in [-0.39, 0.29) is 6.29 Å². The average molecular weight is 531 g/mol. The summed E-state index contributed by atoms with van der Waals surface area (Å²) in [4.78, 5) is 15.9. The maximum atomic E-state index is 6.15. The highest BCUT2D eigenvalue weighted by Crippen LogP contribution is 2.31. The molecule has 0 radical (unpaired) electrons. The Morgan fingerprint density at radius 3 is 2.74 bits per heavy atom. The molecule has 3 aliphatic heterocycles. The van der Waals surface area contributed by atoms with Crippen LogP contribution in [0.2, 0.25) is 0 Å². The van der Waals surface area contributed by atoms with Crippen LogP contribution in [-0.2, 0) is 4.74 Å². The second-order valence-corrected chi connectivity index (χ2v) is 9.34. The maximum Gasteiger partial charge on any atom is 0.176 e. The van der Waals surface area contributed by atoms with Crippen molar-refractivity contribution < 1.29 is 9.47 Å². The molecule has 1 unspecified atom stereocenters. The lowest BCUT2D eigenvalue weighted by Crippen LogP contribution is -2.47. The number of dihydropyridines is 1. The van der Waals surface area contributed by atoms with Crippen molar-refractivity contribution in [3.05, 3.63) is 71.7 Å². The lowest BCUT2D eigenvalue weighted by atomic mass is 10.1. The molecule has 1 saturated heterocycles. The van der Waals surface area contributed by atoms with Crippen molar-refractivity contribution >= 4 is 29.6 Å². The first-order valence-corrected chi connectivity index (χ1v) is 13.3. The number of nitrogens with zero attached hydrogens (tertiary/aromatic N) is 4. The van der Waals surface area contributed by atoms with Crippen LogP contribution in [0.3, 0.4) is 0 Å². The Morgan fingerprint density at radius 2 is 2.03 bits per heavy atom. The Labute approximate surface area is 230 Å². The van der Waals surface area contributed by atoms with Crippen molar-refractivity contribution in [1.29, 1.82) is 5.41 Å². The first-order valence-electron chi connectivity index (χ1n) is 13.3. The molecule has 0 saturated carbocycles. The van der Waals surface area contributed by atoms with E-state index in [0.717, 1.165) is 72.2 Å². The quantitative estimate of drug-likeness (QED) is 0.365. The molecule has 3 aliphatic rings. The Morgan fingerprint density at radius 1 is 1.23 bits per heavy atom. The predicted octanol–water partition coefficient (Wildman–Crippen LogP) is 5.10. The van der Waals surface area contributed by atoms with Gasteiger partial charge in [-0.15, -0.1) is 0 Å². The van der Waals surface area contributed by atoms with E-state index in [0.29, 0.717) is 11.9 Å². The summed E-state index contributed by atoms with van der Waals surface area (Å²) >= 11 is 0. The van der Waals surface area contributed by atoms with Gasteiger partial charge in [-0.2, -0.15) is 0 Å². The van der Waals surface area contributed by atoms with Crippen LogP contribution in [-0.4, -0.2) is 59.9 Å². The van der Waals surface area contributed by atoms with Crippen LogP contribution < -0.4 is 20.7 Å². The van der Waals surface area contributed by atoms with E-state index in [1.165, 1.54) is 6.21 Å². The topological polar surface area (TPSA) is 120 Å². The van der Waals surface area contributed by atoms with Crippen LogP contribution in [0, 0.1) is 12.3 Å². The van der Waals surface area contributed by atoms with E-state index in [9.17, 15) is 0 Å². The molecule has 10 nitrogen and oxygen atoms in total. The Kier molecular flexibility index (Phi) is 9.82. The van der Waals surface area contributed by atoms with Crippen LogP contribution in [0.1, 0.15) is 44.4 Å². The molecule has 0 bridgehead atoms. The van der Waals surface area contributed by atoms with Gasteiger partial charge in [-0.25, -0.2) is 9.97 Å². The second kappa shape index (κ2) is 13.7. The van der Waals surface area contributed by atoms with Crippen molar-refractivity contribution in [3.63, 3.8) is 0 Å². The minimum Gasteiger partial charge on any atom is -0.457 e. The first-order chi connectivity index (χ1) is 19.0. The monoisotopic (exact) mass is 530 g/mol. The van der Waals surface area contributed by atoms with Gasteiger partial charge in [-0.1, -0.05) is 13.0 Å². The fourth-order valence-electron chi connectivity index (χ4n) is 4.55. The van der Waals surface area contributed by atoms with Gasteiger partial charge in [0.05, 0.1) is 12.3 Å². The zero-order valence-corrected chi connectivity index (χ0v) is 23.1. The summed E-state index contributed by atoms with van der Waals surface area (Å²) in [6, 6.07) is 6.03. The summed E-state index contributed by atoms with van der Waals surface area (Å²) < 4.78 is 11.7. The van der Waals surface area contributed by atoms with Gasteiger partial charge >= 0.3 is 0 Å². The smallest absolute Gasteiger partial charge is 0.176 e. The number of methoxy groups -OCH3 is 1. The number of anilines is 3. The highest BCUT2D eigenvalue weighted by molar-refractivity contribution is 5.92. The van der Waals surface area contributed by atoms with Crippen molar-refractivity contribution in [2.45, 2.75) is 52.4 Å². The summed E-state index contributed by atoms with van der Waals surface area (Å²) in [5, 5.41) is 16.3. The molecule has 0 spiro atoms. The normalized spacial score (nSPS) is 19.6. The second-order valence-electron chi connectivity index (χ2n) is 9.34. The summed E-state index contributed by atoms with van der Waals surface area (Å²) in [6.45, 7) is 7.67. The molecular formula is C29H38N8O2. The molecule has 206 valence electrons. The van der Waals surface area contributed by atoms with Gasteiger partial charge in [-0.3, -0.25) is 9.89 Å². The minimum absolute atomic E-state index is 0.141. The van der Waals surface area contributed by atoms with E-state index >= 15 is 0 Å². The highest BCUT2D eigenvalue weighted by atomic mass is 16.5. The first kappa shape index (κ1) is 28.0. The molecule has 1 fully saturated rings. The van der Waals surface area contributed by atoms with E-state index in [2.05, 4.69) is 54.9 Å². The number of nitrogens with one attached hydrogen (secondary N) is 4. The van der Waals surface area contributed by atoms with Gasteiger partial charge in [0, 0.05) is 43.9 Å². The summed E-state index contributed by atoms with van der Waals surface area (Å²) in [6.07, 6.45) is 15.7. The number of aromatic nitrogens is 2. The summed E-state index contributed by atoms with van der Waals surface area (Å²) in [7, 11) is 1.78. The third-order valence-electron chi connectivity index (χ3n) is 6.53. The Balaban J connectivity index is 0.00000112. The van der Waals surface area contributed by atoms with E-state index in [4.69, 9.17) is 14.9 Å². The van der Waals surface area contributed by atoms with E-state index in [1.54, 1.807) is 20.4 Å². The molecule has 2 aromatic rings. The average Bonchev–Trinajstić information content (AvgIpc) is 2.95. The highest BCUT2D eigenvalue weighted by Gasteiger charge is 2.28. The van der Waals surface area contributed by atoms with Gasteiger partial charge < -0.3 is 30.8 Å². The fourth-order valence-corrected chi connectivity index (χ4v) is 4.55. The fraction of sp³-hybridized carbons (Fsp3) is 0.379. The molecule has 39 heavy (non-hydrogen) atoms. The van der Waals surface area contributed by atoms with Crippen molar-refractivity contribution in [2.75, 3.05) is 30.8 Å². The molecule has 1 atom stereocenters. The standard InChI is InChI=1S/C27H33N7O2.C2H5N/c1-4-5-19-15-22(8-11-28-19)36-24-7-6-20(14-18(24)2)32-26-25-23(30-17-31-26)16-29-27(33-25)34-12-9-21(35-3)10-13-34;1-2-3/h5-8,11,14-17,21,27-28,33H,4,9-10,12-13H2,1-3H3,(H,30,31,32);2-3H,1H3. The number of hydrogen-bond donors (Lipinski definition) is 4. The lowest BCUT2D eigenvalue weighted by Gasteiger charge is -2.37. The van der Waals surface area contributed by atoms with Crippen LogP contribution in [0.15, 0.2) is 65.4 Å². The van der Waals surface area contributed by atoms with Crippen LogP contribution in [0.5, 0.6) is 5.75 Å². The number of hydrogen-bond acceptors (Lipinski definition) is 10. The van der Waals surface area contributed by atoms with E-state index < -0.39 is 0 Å². The van der Waals surface area contributed by atoms with E-state index in [1.807, 2.05) is 43.6 Å². The molecule has 0 amide bonds. The van der Waals surface area contributed by atoms with Crippen molar-refractivity contribution in [1.82, 2.24) is 20.2 Å². The minimum atomic E-state index is -0.141. The molecule has 0 aliphatic carbocycles. The third-order valence-corrected chi connectivity index (χ3v) is 6.53. The summed E-state index contributed by atoms with van der Waals surface area (Å²) in [5.41, 5.74) is 4.60. The maximum absolute atomic E-state index is 6.15. The number of aryl methyl sites for hydroxylation is 1. The van der Waals surface area contributed by atoms with Crippen LogP contribution in [0.4, 0.5) is 17.2 Å². The SMILES string of the molecule is CC=N.CCC=C1C=C(Oc2ccc(Nc3ncnc4c3NC(N3CCC(OC)CC3)N=C4)cc2C)C=CN1. The Hall–Kier alpha value is -4.02. The lowest BCUT2D eigenvalue weighted by molar-refractivity contribution is 0.0320. The third kappa shape index (κ3) is 7.30. The van der Waals surface area contributed by atoms with Crippen molar-refractivity contribution in [3.8, 4) is 5.75 Å². The largest absolute Gasteiger partial charge is 0.457 e. The molecule has 4 heterocycles. The summed E-state index contributed by atoms with van der Waals surface area (Å²) in [5.74, 6) is 2.32. The molecule has 1 aromatic heterocycles. The van der Waals surface area contributed by atoms with Crippen LogP contribution in [0.25, 0.3) is 0 Å². The zero-order chi connectivity index (χ0) is 27.6. The number of likely N-dealkylation sites (tertiary alicyclic amines) is 1.